The molecule has 1 aliphatic rings. The molecule has 0 spiro atoms. The van der Waals surface area contributed by atoms with Gasteiger partial charge in [-0.25, -0.2) is 0 Å². The van der Waals surface area contributed by atoms with Crippen LogP contribution in [0.3, 0.4) is 0 Å². The van der Waals surface area contributed by atoms with Crippen molar-refractivity contribution in [3.63, 3.8) is 0 Å². The molecular formula is C16H23NO3S. The standard InChI is InChI=1S/C16H23NO3S/c1-2-20-15(18)12-7-9-16(19,10-8-12)11-21-14-6-4-3-5-13(14)17/h3-6,12,19H,2,7-11,17H2,1H3. The van der Waals surface area contributed by atoms with E-state index in [-0.39, 0.29) is 11.9 Å². The number of esters is 1. The molecular weight excluding hydrogens is 286 g/mol. The molecule has 0 saturated heterocycles. The van der Waals surface area contributed by atoms with Crippen LogP contribution in [0.2, 0.25) is 0 Å². The molecule has 0 bridgehead atoms. The number of thioether (sulfide) groups is 1. The van der Waals surface area contributed by atoms with Crippen molar-refractivity contribution in [3.05, 3.63) is 24.3 Å². The third-order valence-corrected chi connectivity index (χ3v) is 5.32. The summed E-state index contributed by atoms with van der Waals surface area (Å²) < 4.78 is 5.05. The minimum Gasteiger partial charge on any atom is -0.466 e. The Morgan fingerprint density at radius 3 is 2.71 bits per heavy atom. The molecule has 0 heterocycles. The number of nitrogen functional groups attached to an aromatic ring is 1. The summed E-state index contributed by atoms with van der Waals surface area (Å²) in [6.45, 7) is 2.24. The van der Waals surface area contributed by atoms with Gasteiger partial charge in [0.25, 0.3) is 0 Å². The Hall–Kier alpha value is -1.20. The van der Waals surface area contributed by atoms with Crippen molar-refractivity contribution in [1.29, 1.82) is 0 Å². The van der Waals surface area contributed by atoms with Gasteiger partial charge >= 0.3 is 5.97 Å². The van der Waals surface area contributed by atoms with Crippen LogP contribution in [0, 0.1) is 5.92 Å². The van der Waals surface area contributed by atoms with E-state index in [2.05, 4.69) is 0 Å². The van der Waals surface area contributed by atoms with E-state index in [4.69, 9.17) is 10.5 Å². The molecule has 0 atom stereocenters. The summed E-state index contributed by atoms with van der Waals surface area (Å²) in [4.78, 5) is 12.7. The monoisotopic (exact) mass is 309 g/mol. The first-order valence-corrected chi connectivity index (χ1v) is 8.39. The summed E-state index contributed by atoms with van der Waals surface area (Å²) in [5.74, 6) is 0.424. The van der Waals surface area contributed by atoms with Crippen molar-refractivity contribution in [2.24, 2.45) is 5.92 Å². The number of para-hydroxylation sites is 1. The van der Waals surface area contributed by atoms with E-state index < -0.39 is 5.60 Å². The van der Waals surface area contributed by atoms with Crippen LogP contribution in [0.15, 0.2) is 29.2 Å². The van der Waals surface area contributed by atoms with Gasteiger partial charge in [0.15, 0.2) is 0 Å². The third kappa shape index (κ3) is 4.38. The van der Waals surface area contributed by atoms with Crippen LogP contribution >= 0.6 is 11.8 Å². The minimum atomic E-state index is -0.712. The summed E-state index contributed by atoms with van der Waals surface area (Å²) in [5, 5.41) is 10.6. The van der Waals surface area contributed by atoms with Crippen molar-refractivity contribution in [1.82, 2.24) is 0 Å². The quantitative estimate of drug-likeness (QED) is 0.497. The summed E-state index contributed by atoms with van der Waals surface area (Å²) in [7, 11) is 0. The van der Waals surface area contributed by atoms with Gasteiger partial charge in [0.05, 0.1) is 18.1 Å². The van der Waals surface area contributed by atoms with Gasteiger partial charge in [-0.1, -0.05) is 12.1 Å². The van der Waals surface area contributed by atoms with Crippen LogP contribution in [0.1, 0.15) is 32.6 Å². The van der Waals surface area contributed by atoms with Gasteiger partial charge in [-0.3, -0.25) is 4.79 Å². The van der Waals surface area contributed by atoms with Crippen molar-refractivity contribution < 1.29 is 14.6 Å². The van der Waals surface area contributed by atoms with E-state index in [1.54, 1.807) is 11.8 Å². The van der Waals surface area contributed by atoms with Crippen molar-refractivity contribution >= 4 is 23.4 Å². The van der Waals surface area contributed by atoms with E-state index >= 15 is 0 Å². The van der Waals surface area contributed by atoms with Gasteiger partial charge in [0.2, 0.25) is 0 Å². The van der Waals surface area contributed by atoms with Crippen molar-refractivity contribution in [2.45, 2.75) is 43.1 Å². The van der Waals surface area contributed by atoms with Crippen LogP contribution in [0.4, 0.5) is 5.69 Å². The van der Waals surface area contributed by atoms with Crippen molar-refractivity contribution in [2.75, 3.05) is 18.1 Å². The van der Waals surface area contributed by atoms with Gasteiger partial charge in [-0.15, -0.1) is 11.8 Å². The lowest BCUT2D eigenvalue weighted by Gasteiger charge is -2.35. The number of carbonyl (C=O) groups excluding carboxylic acids is 1. The highest BCUT2D eigenvalue weighted by molar-refractivity contribution is 7.99. The fourth-order valence-corrected chi connectivity index (χ4v) is 3.74. The van der Waals surface area contributed by atoms with Gasteiger partial charge in [-0.05, 0) is 44.7 Å². The highest BCUT2D eigenvalue weighted by Gasteiger charge is 2.36. The molecule has 0 amide bonds. The highest BCUT2D eigenvalue weighted by Crippen LogP contribution is 2.37. The molecule has 1 aliphatic carbocycles. The molecule has 0 aromatic heterocycles. The molecule has 5 heteroatoms. The number of ether oxygens (including phenoxy) is 1. The van der Waals surface area contributed by atoms with Crippen LogP contribution in [-0.2, 0) is 9.53 Å². The molecule has 1 aromatic carbocycles. The van der Waals surface area contributed by atoms with Gasteiger partial charge in [0.1, 0.15) is 0 Å². The van der Waals surface area contributed by atoms with Crippen molar-refractivity contribution in [3.8, 4) is 0 Å². The fourth-order valence-electron chi connectivity index (χ4n) is 2.62. The molecule has 21 heavy (non-hydrogen) atoms. The van der Waals surface area contributed by atoms with E-state index in [0.717, 1.165) is 10.6 Å². The number of benzene rings is 1. The number of rotatable bonds is 5. The lowest BCUT2D eigenvalue weighted by atomic mass is 9.80. The maximum atomic E-state index is 11.7. The topological polar surface area (TPSA) is 72.5 Å². The zero-order valence-electron chi connectivity index (χ0n) is 12.4. The molecule has 3 N–H and O–H groups in total. The second-order valence-corrected chi connectivity index (χ2v) is 6.59. The van der Waals surface area contributed by atoms with Gasteiger partial charge < -0.3 is 15.6 Å². The van der Waals surface area contributed by atoms with Crippen LogP contribution in [0.25, 0.3) is 0 Å². The number of hydrogen-bond donors (Lipinski definition) is 2. The summed E-state index contributed by atoms with van der Waals surface area (Å²) in [5.41, 5.74) is 5.94. The normalized spacial score (nSPS) is 25.5. The maximum absolute atomic E-state index is 11.7. The Balaban J connectivity index is 1.85. The zero-order chi connectivity index (χ0) is 15.3. The molecule has 1 aromatic rings. The lowest BCUT2D eigenvalue weighted by Crippen LogP contribution is -2.38. The fraction of sp³-hybridized carbons (Fsp3) is 0.562. The Morgan fingerprint density at radius 1 is 1.43 bits per heavy atom. The van der Waals surface area contributed by atoms with E-state index in [9.17, 15) is 9.90 Å². The molecule has 116 valence electrons. The van der Waals surface area contributed by atoms with E-state index in [1.165, 1.54) is 0 Å². The number of hydrogen-bond acceptors (Lipinski definition) is 5. The molecule has 4 nitrogen and oxygen atoms in total. The Bertz CT molecular complexity index is 484. The Morgan fingerprint density at radius 2 is 2.10 bits per heavy atom. The van der Waals surface area contributed by atoms with Gasteiger partial charge in [0, 0.05) is 16.3 Å². The zero-order valence-corrected chi connectivity index (χ0v) is 13.2. The third-order valence-electron chi connectivity index (χ3n) is 3.95. The number of aliphatic hydroxyl groups is 1. The molecule has 0 radical (unpaired) electrons. The first kappa shape index (κ1) is 16.2. The molecule has 1 saturated carbocycles. The smallest absolute Gasteiger partial charge is 0.308 e. The highest BCUT2D eigenvalue weighted by atomic mass is 32.2. The van der Waals surface area contributed by atoms with Crippen LogP contribution < -0.4 is 5.73 Å². The maximum Gasteiger partial charge on any atom is 0.308 e. The molecule has 0 aliphatic heterocycles. The average molecular weight is 309 g/mol. The Kier molecular flexibility index (Phi) is 5.53. The van der Waals surface area contributed by atoms with Gasteiger partial charge in [-0.2, -0.15) is 0 Å². The van der Waals surface area contributed by atoms with E-state index in [0.29, 0.717) is 38.0 Å². The number of carbonyl (C=O) groups is 1. The largest absolute Gasteiger partial charge is 0.466 e. The second kappa shape index (κ2) is 7.18. The summed E-state index contributed by atoms with van der Waals surface area (Å²) in [6.07, 6.45) is 2.66. The predicted octanol–water partition coefficient (Wildman–Crippen LogP) is 2.85. The minimum absolute atomic E-state index is 0.0583. The Labute approximate surface area is 130 Å². The first-order chi connectivity index (χ1) is 10.0. The summed E-state index contributed by atoms with van der Waals surface area (Å²) >= 11 is 1.58. The van der Waals surface area contributed by atoms with Crippen LogP contribution in [-0.4, -0.2) is 29.0 Å². The second-order valence-electron chi connectivity index (χ2n) is 5.58. The first-order valence-electron chi connectivity index (χ1n) is 7.40. The predicted molar refractivity (Wildman–Crippen MR) is 85.1 cm³/mol. The average Bonchev–Trinajstić information content (AvgIpc) is 2.47. The number of nitrogens with two attached hydrogens (primary N) is 1. The molecule has 0 unspecified atom stereocenters. The SMILES string of the molecule is CCOC(=O)C1CCC(O)(CSc2ccccc2N)CC1. The molecule has 2 rings (SSSR count). The summed E-state index contributed by atoms with van der Waals surface area (Å²) in [6, 6.07) is 7.68. The number of anilines is 1. The molecule has 1 fully saturated rings. The van der Waals surface area contributed by atoms with Crippen LogP contribution in [0.5, 0.6) is 0 Å². The van der Waals surface area contributed by atoms with E-state index in [1.807, 2.05) is 31.2 Å². The lowest BCUT2D eigenvalue weighted by molar-refractivity contribution is -0.150.